The molecule has 1 unspecified atom stereocenters. The molecule has 2 heterocycles. The van der Waals surface area contributed by atoms with Gasteiger partial charge >= 0.3 is 5.97 Å². The van der Waals surface area contributed by atoms with E-state index in [-0.39, 0.29) is 12.0 Å². The molecule has 0 aliphatic carbocycles. The highest BCUT2D eigenvalue weighted by Crippen LogP contribution is 2.35. The van der Waals surface area contributed by atoms with Gasteiger partial charge in [0, 0.05) is 22.2 Å². The Bertz CT molecular complexity index is 698. The molecule has 1 aromatic carbocycles. The van der Waals surface area contributed by atoms with E-state index in [1.807, 2.05) is 18.2 Å². The average molecular weight is 270 g/mol. The van der Waals surface area contributed by atoms with E-state index >= 15 is 0 Å². The van der Waals surface area contributed by atoms with Gasteiger partial charge < -0.3 is 15.0 Å². The van der Waals surface area contributed by atoms with Crippen LogP contribution in [0.25, 0.3) is 17.0 Å². The van der Waals surface area contributed by atoms with Crippen LogP contribution in [0.4, 0.5) is 0 Å². The molecule has 3 rings (SSSR count). The van der Waals surface area contributed by atoms with Crippen molar-refractivity contribution in [1.82, 2.24) is 10.3 Å². The number of hydrogen-bond donors (Lipinski definition) is 2. The van der Waals surface area contributed by atoms with Crippen LogP contribution in [0.15, 0.2) is 30.0 Å². The smallest absolute Gasteiger partial charge is 0.354 e. The molecule has 2 N–H and O–H groups in total. The normalized spacial score (nSPS) is 17.6. The van der Waals surface area contributed by atoms with Crippen molar-refractivity contribution in [1.29, 1.82) is 0 Å². The number of aromatic nitrogens is 1. The summed E-state index contributed by atoms with van der Waals surface area (Å²) in [4.78, 5) is 15.3. The highest BCUT2D eigenvalue weighted by molar-refractivity contribution is 5.99. The second kappa shape index (κ2) is 4.71. The Morgan fingerprint density at radius 1 is 1.30 bits per heavy atom. The highest BCUT2D eigenvalue weighted by Gasteiger charge is 2.29. The lowest BCUT2D eigenvalue weighted by molar-refractivity contribution is -0.136. The molecule has 0 radical (unpaired) electrons. The van der Waals surface area contributed by atoms with Crippen LogP contribution in [-0.2, 0) is 9.53 Å². The van der Waals surface area contributed by atoms with E-state index in [0.29, 0.717) is 11.6 Å². The molecule has 0 amide bonds. The van der Waals surface area contributed by atoms with E-state index in [9.17, 15) is 4.79 Å². The van der Waals surface area contributed by atoms with Crippen LogP contribution >= 0.6 is 0 Å². The van der Waals surface area contributed by atoms with E-state index in [1.165, 1.54) is 7.11 Å². The highest BCUT2D eigenvalue weighted by atomic mass is 16.5. The second-order valence-corrected chi connectivity index (χ2v) is 5.41. The van der Waals surface area contributed by atoms with Gasteiger partial charge in [-0.15, -0.1) is 0 Å². The van der Waals surface area contributed by atoms with Gasteiger partial charge in [-0.3, -0.25) is 0 Å². The molecule has 1 aliphatic heterocycles. The zero-order chi connectivity index (χ0) is 14.3. The number of benzene rings is 1. The molecule has 1 atom stereocenters. The molecule has 1 aliphatic rings. The number of methoxy groups -OCH3 is 1. The molecule has 1 aromatic heterocycles. The first-order valence-electron chi connectivity index (χ1n) is 6.79. The Morgan fingerprint density at radius 2 is 2.05 bits per heavy atom. The number of carbonyl (C=O) groups is 1. The Labute approximate surface area is 117 Å². The van der Waals surface area contributed by atoms with Crippen LogP contribution < -0.4 is 5.32 Å². The summed E-state index contributed by atoms with van der Waals surface area (Å²) in [7, 11) is 1.40. The number of H-pyrrole nitrogens is 1. The Hall–Kier alpha value is -2.23. The first-order valence-corrected chi connectivity index (χ1v) is 6.79. The maximum absolute atomic E-state index is 11.8. The third kappa shape index (κ3) is 1.88. The fraction of sp³-hybridized carbons (Fsp3) is 0.312. The van der Waals surface area contributed by atoms with Gasteiger partial charge in [-0.05, 0) is 18.1 Å². The van der Waals surface area contributed by atoms with Crippen LogP contribution in [-0.4, -0.2) is 18.1 Å². The van der Waals surface area contributed by atoms with E-state index in [2.05, 4.69) is 36.3 Å². The predicted molar refractivity (Wildman–Crippen MR) is 79.0 cm³/mol. The topological polar surface area (TPSA) is 54.1 Å². The maximum atomic E-state index is 11.8. The lowest BCUT2D eigenvalue weighted by Gasteiger charge is -2.27. The third-order valence-electron chi connectivity index (χ3n) is 3.76. The number of nitrogens with one attached hydrogen (secondary N) is 2. The van der Waals surface area contributed by atoms with Gasteiger partial charge in [0.05, 0.1) is 13.2 Å². The lowest BCUT2D eigenvalue weighted by atomic mass is 9.93. The summed E-state index contributed by atoms with van der Waals surface area (Å²) in [5, 5.41) is 4.41. The molecule has 4 heteroatoms. The molecular formula is C16H18N2O2. The molecule has 4 nitrogen and oxygen atoms in total. The van der Waals surface area contributed by atoms with Crippen molar-refractivity contribution >= 4 is 22.9 Å². The SMILES string of the molecule is COC(=O)C1=Cc2c([nH]c3ccccc23)C(C(C)C)N1. The third-order valence-corrected chi connectivity index (χ3v) is 3.76. The number of ether oxygens (including phenoxy) is 1. The summed E-state index contributed by atoms with van der Waals surface area (Å²) in [6.45, 7) is 4.26. The van der Waals surface area contributed by atoms with Gasteiger partial charge in [0.1, 0.15) is 5.70 Å². The molecule has 20 heavy (non-hydrogen) atoms. The lowest BCUT2D eigenvalue weighted by Crippen LogP contribution is -2.32. The van der Waals surface area contributed by atoms with Gasteiger partial charge in [-0.2, -0.15) is 0 Å². The first kappa shape index (κ1) is 12.8. The number of rotatable bonds is 2. The van der Waals surface area contributed by atoms with Crippen LogP contribution in [0.2, 0.25) is 0 Å². The zero-order valence-corrected chi connectivity index (χ0v) is 11.9. The first-order chi connectivity index (χ1) is 9.61. The van der Waals surface area contributed by atoms with Gasteiger partial charge in [0.2, 0.25) is 0 Å². The number of fused-ring (bicyclic) bond motifs is 3. The minimum Gasteiger partial charge on any atom is -0.464 e. The number of carbonyl (C=O) groups excluding carboxylic acids is 1. The summed E-state index contributed by atoms with van der Waals surface area (Å²) in [5.74, 6) is 0.0294. The quantitative estimate of drug-likeness (QED) is 0.825. The van der Waals surface area contributed by atoms with Crippen LogP contribution in [0, 0.1) is 5.92 Å². The monoisotopic (exact) mass is 270 g/mol. The van der Waals surface area contributed by atoms with Crippen LogP contribution in [0.3, 0.4) is 0 Å². The molecule has 0 spiro atoms. The van der Waals surface area contributed by atoms with Crippen LogP contribution in [0.1, 0.15) is 31.1 Å². The minimum absolute atomic E-state index is 0.0801. The van der Waals surface area contributed by atoms with Crippen molar-refractivity contribution in [3.05, 3.63) is 41.2 Å². The summed E-state index contributed by atoms with van der Waals surface area (Å²) >= 11 is 0. The fourth-order valence-corrected chi connectivity index (χ4v) is 2.74. The summed E-state index contributed by atoms with van der Waals surface area (Å²) in [6, 6.07) is 8.22. The number of esters is 1. The van der Waals surface area contributed by atoms with E-state index < -0.39 is 0 Å². The minimum atomic E-state index is -0.327. The molecule has 2 aromatic rings. The molecule has 0 bridgehead atoms. The van der Waals surface area contributed by atoms with Crippen molar-refractivity contribution in [3.8, 4) is 0 Å². The Morgan fingerprint density at radius 3 is 2.75 bits per heavy atom. The summed E-state index contributed by atoms with van der Waals surface area (Å²) < 4.78 is 4.84. The largest absolute Gasteiger partial charge is 0.464 e. The molecule has 104 valence electrons. The van der Waals surface area contributed by atoms with Gasteiger partial charge in [0.25, 0.3) is 0 Å². The number of para-hydroxylation sites is 1. The van der Waals surface area contributed by atoms with E-state index in [1.54, 1.807) is 0 Å². The number of hydrogen-bond acceptors (Lipinski definition) is 3. The Balaban J connectivity index is 2.22. The standard InChI is InChI=1S/C16H18N2O2/c1-9(2)14-15-11(8-13(18-14)16(19)20-3)10-6-4-5-7-12(10)17-15/h4-9,14,17-18H,1-3H3. The predicted octanol–water partition coefficient (Wildman–Crippen LogP) is 2.98. The summed E-state index contributed by atoms with van der Waals surface area (Å²) in [6.07, 6.45) is 1.87. The number of aromatic amines is 1. The van der Waals surface area contributed by atoms with E-state index in [4.69, 9.17) is 4.74 Å². The Kier molecular flexibility index (Phi) is 3.01. The van der Waals surface area contributed by atoms with E-state index in [0.717, 1.165) is 22.2 Å². The van der Waals surface area contributed by atoms with Gasteiger partial charge in [0.15, 0.2) is 0 Å². The van der Waals surface area contributed by atoms with Crippen molar-refractivity contribution in [3.63, 3.8) is 0 Å². The van der Waals surface area contributed by atoms with Gasteiger partial charge in [-0.1, -0.05) is 32.0 Å². The molecular weight excluding hydrogens is 252 g/mol. The average Bonchev–Trinajstić information content (AvgIpc) is 2.83. The second-order valence-electron chi connectivity index (χ2n) is 5.41. The van der Waals surface area contributed by atoms with Gasteiger partial charge in [-0.25, -0.2) is 4.79 Å². The van der Waals surface area contributed by atoms with Crippen LogP contribution in [0.5, 0.6) is 0 Å². The van der Waals surface area contributed by atoms with Crippen molar-refractivity contribution < 1.29 is 9.53 Å². The molecule has 0 fully saturated rings. The van der Waals surface area contributed by atoms with Crippen molar-refractivity contribution in [2.24, 2.45) is 5.92 Å². The maximum Gasteiger partial charge on any atom is 0.354 e. The molecule has 0 saturated carbocycles. The van der Waals surface area contributed by atoms with Crippen molar-refractivity contribution in [2.45, 2.75) is 19.9 Å². The zero-order valence-electron chi connectivity index (χ0n) is 11.9. The molecule has 0 saturated heterocycles. The fourth-order valence-electron chi connectivity index (χ4n) is 2.74. The van der Waals surface area contributed by atoms with Crippen molar-refractivity contribution in [2.75, 3.05) is 7.11 Å². The summed E-state index contributed by atoms with van der Waals surface area (Å²) in [5.41, 5.74) is 3.82.